The number of ether oxygens (including phenoxy) is 5. The Labute approximate surface area is 308 Å². The van der Waals surface area contributed by atoms with Gasteiger partial charge in [-0.2, -0.15) is 0 Å². The summed E-state index contributed by atoms with van der Waals surface area (Å²) in [7, 11) is 0.767. The molecular formula is C43H62O7Si. The largest absolute Gasteiger partial charge is 0.497 e. The molecule has 0 unspecified atom stereocenters. The van der Waals surface area contributed by atoms with Gasteiger partial charge in [-0.05, 0) is 78.1 Å². The van der Waals surface area contributed by atoms with Crippen molar-refractivity contribution in [2.45, 2.75) is 103 Å². The quantitative estimate of drug-likeness (QED) is 0.0352. The average molecular weight is 719 g/mol. The molecule has 3 aromatic carbocycles. The molecule has 0 spiro atoms. The number of hydrogen-bond donors (Lipinski definition) is 1. The van der Waals surface area contributed by atoms with E-state index in [-0.39, 0.29) is 36.6 Å². The highest BCUT2D eigenvalue weighted by atomic mass is 28.4. The average Bonchev–Trinajstić information content (AvgIpc) is 3.85. The smallest absolute Gasteiger partial charge is 0.261 e. The minimum absolute atomic E-state index is 0.0350. The third-order valence-electron chi connectivity index (χ3n) is 10.3. The molecule has 1 N–H and O–H groups in total. The molecule has 1 saturated heterocycles. The lowest BCUT2D eigenvalue weighted by atomic mass is 9.91. The Kier molecular flexibility index (Phi) is 15.9. The van der Waals surface area contributed by atoms with E-state index in [4.69, 9.17) is 28.1 Å². The molecular weight excluding hydrogens is 657 g/mol. The fourth-order valence-electron chi connectivity index (χ4n) is 7.21. The Morgan fingerprint density at radius 2 is 1.61 bits per heavy atom. The molecule has 0 bridgehead atoms. The van der Waals surface area contributed by atoms with Crippen LogP contribution in [0.4, 0.5) is 0 Å². The van der Waals surface area contributed by atoms with Gasteiger partial charge in [0.2, 0.25) is 0 Å². The van der Waals surface area contributed by atoms with Gasteiger partial charge in [0.1, 0.15) is 18.1 Å². The van der Waals surface area contributed by atoms with E-state index in [2.05, 4.69) is 101 Å². The number of methoxy groups -OCH3 is 2. The molecule has 7 nitrogen and oxygen atoms in total. The molecule has 1 aliphatic heterocycles. The Balaban J connectivity index is 1.23. The first-order chi connectivity index (χ1) is 24.6. The third-order valence-corrected chi connectivity index (χ3v) is 15.4. The van der Waals surface area contributed by atoms with Crippen molar-refractivity contribution in [1.82, 2.24) is 0 Å². The lowest BCUT2D eigenvalue weighted by molar-refractivity contribution is -0.117. The maximum atomic E-state index is 10.3. The van der Waals surface area contributed by atoms with Crippen LogP contribution in [0.5, 0.6) is 5.75 Å². The molecule has 4 atom stereocenters. The van der Waals surface area contributed by atoms with Gasteiger partial charge in [0.25, 0.3) is 8.32 Å². The summed E-state index contributed by atoms with van der Waals surface area (Å²) in [5.41, 5.74) is 1.99. The summed E-state index contributed by atoms with van der Waals surface area (Å²) in [5.74, 6) is 1.09. The predicted octanol–water partition coefficient (Wildman–Crippen LogP) is 7.83. The fourth-order valence-corrected chi connectivity index (χ4v) is 11.8. The SMILES string of the molecule is COCO[C@@H](COCc1ccc(OC)cc1)[C@@H](C)CCC[C@]1(CO)O[C@@H]1CC/C(C)=C/CCO[Si](c1ccccc1)(c1ccccc1)C(C)(C)C. The Bertz CT molecular complexity index is 1400. The first-order valence-corrected chi connectivity index (χ1v) is 20.5. The van der Waals surface area contributed by atoms with Crippen molar-refractivity contribution in [1.29, 1.82) is 0 Å². The van der Waals surface area contributed by atoms with Gasteiger partial charge >= 0.3 is 0 Å². The lowest BCUT2D eigenvalue weighted by Crippen LogP contribution is -2.66. The number of hydrogen-bond acceptors (Lipinski definition) is 7. The zero-order valence-corrected chi connectivity index (χ0v) is 33.1. The van der Waals surface area contributed by atoms with Crippen LogP contribution in [-0.4, -0.2) is 72.1 Å². The minimum atomic E-state index is -2.53. The summed E-state index contributed by atoms with van der Waals surface area (Å²) in [5, 5.41) is 12.9. The summed E-state index contributed by atoms with van der Waals surface area (Å²) < 4.78 is 35.7. The van der Waals surface area contributed by atoms with E-state index in [9.17, 15) is 5.11 Å². The second-order valence-electron chi connectivity index (χ2n) is 15.1. The molecule has 51 heavy (non-hydrogen) atoms. The van der Waals surface area contributed by atoms with E-state index >= 15 is 0 Å². The van der Waals surface area contributed by atoms with Crippen LogP contribution < -0.4 is 15.1 Å². The summed E-state index contributed by atoms with van der Waals surface area (Å²) in [6.45, 7) is 13.3. The van der Waals surface area contributed by atoms with Gasteiger partial charge in [-0.15, -0.1) is 0 Å². The zero-order chi connectivity index (χ0) is 36.7. The van der Waals surface area contributed by atoms with E-state index in [1.54, 1.807) is 14.2 Å². The van der Waals surface area contributed by atoms with Crippen molar-refractivity contribution in [2.75, 3.05) is 40.8 Å². The van der Waals surface area contributed by atoms with E-state index in [1.165, 1.54) is 15.9 Å². The fraction of sp³-hybridized carbons (Fsp3) is 0.535. The van der Waals surface area contributed by atoms with E-state index in [0.717, 1.165) is 49.8 Å². The van der Waals surface area contributed by atoms with Gasteiger partial charge < -0.3 is 33.2 Å². The topological polar surface area (TPSA) is 78.9 Å². The molecule has 0 saturated carbocycles. The van der Waals surface area contributed by atoms with Crippen LogP contribution in [0.3, 0.4) is 0 Å². The van der Waals surface area contributed by atoms with Crippen LogP contribution >= 0.6 is 0 Å². The molecule has 0 aliphatic carbocycles. The molecule has 0 radical (unpaired) electrons. The van der Waals surface area contributed by atoms with Gasteiger partial charge in [0.05, 0.1) is 39.1 Å². The normalized spacial score (nSPS) is 19.1. The van der Waals surface area contributed by atoms with Gasteiger partial charge in [-0.3, -0.25) is 0 Å². The molecule has 0 amide bonds. The Hall–Kier alpha value is -2.82. The van der Waals surface area contributed by atoms with Gasteiger partial charge in [0.15, 0.2) is 0 Å². The van der Waals surface area contributed by atoms with Crippen molar-refractivity contribution in [2.24, 2.45) is 5.92 Å². The van der Waals surface area contributed by atoms with Crippen molar-refractivity contribution in [3.05, 3.63) is 102 Å². The Morgan fingerprint density at radius 1 is 0.961 bits per heavy atom. The first-order valence-electron chi connectivity index (χ1n) is 18.6. The van der Waals surface area contributed by atoms with Crippen LogP contribution in [-0.2, 0) is 30.0 Å². The zero-order valence-electron chi connectivity index (χ0n) is 32.1. The summed E-state index contributed by atoms with van der Waals surface area (Å²) >= 11 is 0. The maximum absolute atomic E-state index is 10.3. The number of epoxide rings is 1. The van der Waals surface area contributed by atoms with Crippen molar-refractivity contribution >= 4 is 18.7 Å². The van der Waals surface area contributed by atoms with E-state index in [1.807, 2.05) is 24.3 Å². The van der Waals surface area contributed by atoms with Crippen LogP contribution in [0, 0.1) is 5.92 Å². The van der Waals surface area contributed by atoms with Crippen LogP contribution in [0.25, 0.3) is 0 Å². The van der Waals surface area contributed by atoms with Crippen LogP contribution in [0.1, 0.15) is 78.7 Å². The van der Waals surface area contributed by atoms with Gasteiger partial charge in [-0.25, -0.2) is 0 Å². The highest BCUT2D eigenvalue weighted by molar-refractivity contribution is 6.99. The van der Waals surface area contributed by atoms with Crippen LogP contribution in [0.15, 0.2) is 96.6 Å². The van der Waals surface area contributed by atoms with E-state index < -0.39 is 13.9 Å². The number of allylic oxidation sites excluding steroid dienone is 1. The van der Waals surface area contributed by atoms with Gasteiger partial charge in [0, 0.05) is 13.7 Å². The molecule has 3 aromatic rings. The number of aliphatic hydroxyl groups excluding tert-OH is 1. The summed E-state index contributed by atoms with van der Waals surface area (Å²) in [6, 6.07) is 29.5. The monoisotopic (exact) mass is 718 g/mol. The second-order valence-corrected chi connectivity index (χ2v) is 19.4. The highest BCUT2D eigenvalue weighted by Gasteiger charge is 2.54. The maximum Gasteiger partial charge on any atom is 0.261 e. The third kappa shape index (κ3) is 11.3. The second kappa shape index (κ2) is 19.9. The molecule has 4 rings (SSSR count). The predicted molar refractivity (Wildman–Crippen MR) is 208 cm³/mol. The van der Waals surface area contributed by atoms with Crippen molar-refractivity contribution in [3.63, 3.8) is 0 Å². The summed E-state index contributed by atoms with van der Waals surface area (Å²) in [4.78, 5) is 0. The number of benzene rings is 3. The molecule has 1 fully saturated rings. The van der Waals surface area contributed by atoms with Crippen molar-refractivity contribution < 1.29 is 33.2 Å². The molecule has 1 heterocycles. The highest BCUT2D eigenvalue weighted by Crippen LogP contribution is 2.44. The van der Waals surface area contributed by atoms with E-state index in [0.29, 0.717) is 19.8 Å². The molecule has 0 aromatic heterocycles. The molecule has 8 heteroatoms. The molecule has 280 valence electrons. The number of aliphatic hydroxyl groups is 1. The van der Waals surface area contributed by atoms with Crippen molar-refractivity contribution in [3.8, 4) is 5.75 Å². The standard InChI is InChI=1S/C43H62O7Si/c1-34(16-15-29-49-51(42(3,4)5,38-18-10-8-11-19-38)39-20-12-9-13-21-39)22-27-41-43(32-44,50-41)28-14-17-35(2)40(48-33-45-6)31-47-30-36-23-25-37(46-7)26-24-36/h8-13,16,18-21,23-26,35,40-41,44H,14-15,17,22,27-33H2,1-7H3/b34-16+/t35-,40-,41+,43+/m0/s1. The molecule has 1 aliphatic rings. The lowest BCUT2D eigenvalue weighted by Gasteiger charge is -2.43. The van der Waals surface area contributed by atoms with Crippen LogP contribution in [0.2, 0.25) is 5.04 Å². The Morgan fingerprint density at radius 3 is 2.18 bits per heavy atom. The van der Waals surface area contributed by atoms with Gasteiger partial charge in [-0.1, -0.05) is 119 Å². The number of rotatable bonds is 23. The first kappa shape index (κ1) is 40.9. The minimum Gasteiger partial charge on any atom is -0.497 e. The summed E-state index contributed by atoms with van der Waals surface area (Å²) in [6.07, 6.45) is 7.76.